The summed E-state index contributed by atoms with van der Waals surface area (Å²) >= 11 is 5.44. The summed E-state index contributed by atoms with van der Waals surface area (Å²) in [5.41, 5.74) is -1.43. The minimum atomic E-state index is -1.63. The van der Waals surface area contributed by atoms with Gasteiger partial charge in [-0.05, 0) is 6.07 Å². The van der Waals surface area contributed by atoms with E-state index in [9.17, 15) is 9.59 Å². The van der Waals surface area contributed by atoms with E-state index in [0.717, 1.165) is 0 Å². The lowest BCUT2D eigenvalue weighted by Gasteiger charge is -2.07. The van der Waals surface area contributed by atoms with Gasteiger partial charge in [-0.3, -0.25) is 0 Å². The molecule has 1 rings (SSSR count). The standard InChI is InChI=1S/C8H5ClO6/c9-5-2(7(12)13)1-3(10)6(11)4(5)8(14)15/h1,10-11H,(H,12,13)(H,14,15). The number of hydrogen-bond acceptors (Lipinski definition) is 4. The van der Waals surface area contributed by atoms with Gasteiger partial charge in [0.05, 0.1) is 10.6 Å². The molecular formula is C8H5ClO6. The van der Waals surface area contributed by atoms with Crippen LogP contribution in [0.15, 0.2) is 6.07 Å². The Bertz CT molecular complexity index is 453. The van der Waals surface area contributed by atoms with E-state index in [1.807, 2.05) is 0 Å². The fourth-order valence-electron chi connectivity index (χ4n) is 0.986. The molecule has 0 aliphatic carbocycles. The second-order valence-electron chi connectivity index (χ2n) is 2.59. The van der Waals surface area contributed by atoms with Crippen molar-refractivity contribution in [2.75, 3.05) is 0 Å². The van der Waals surface area contributed by atoms with Crippen molar-refractivity contribution in [3.05, 3.63) is 22.2 Å². The second kappa shape index (κ2) is 3.66. The van der Waals surface area contributed by atoms with Gasteiger partial charge >= 0.3 is 11.9 Å². The molecule has 0 amide bonds. The maximum atomic E-state index is 10.6. The molecule has 0 spiro atoms. The number of rotatable bonds is 2. The van der Waals surface area contributed by atoms with Crippen LogP contribution >= 0.6 is 11.6 Å². The number of carboxylic acids is 2. The number of benzene rings is 1. The second-order valence-corrected chi connectivity index (χ2v) is 2.97. The van der Waals surface area contributed by atoms with Crippen LogP contribution in [0, 0.1) is 0 Å². The number of aromatic carboxylic acids is 2. The molecule has 0 bridgehead atoms. The van der Waals surface area contributed by atoms with Crippen LogP contribution in [-0.2, 0) is 0 Å². The summed E-state index contributed by atoms with van der Waals surface area (Å²) in [6.07, 6.45) is 0. The first-order chi connectivity index (χ1) is 6.86. The molecule has 0 aromatic heterocycles. The van der Waals surface area contributed by atoms with Crippen molar-refractivity contribution in [2.24, 2.45) is 0 Å². The first-order valence-electron chi connectivity index (χ1n) is 3.57. The molecule has 0 fully saturated rings. The zero-order valence-electron chi connectivity index (χ0n) is 7.06. The highest BCUT2D eigenvalue weighted by molar-refractivity contribution is 6.36. The fourth-order valence-corrected chi connectivity index (χ4v) is 1.29. The molecule has 0 aliphatic rings. The summed E-state index contributed by atoms with van der Waals surface area (Å²) in [4.78, 5) is 21.2. The molecule has 0 aliphatic heterocycles. The topological polar surface area (TPSA) is 115 Å². The van der Waals surface area contributed by atoms with Gasteiger partial charge in [-0.2, -0.15) is 0 Å². The summed E-state index contributed by atoms with van der Waals surface area (Å²) in [6.45, 7) is 0. The van der Waals surface area contributed by atoms with Gasteiger partial charge in [-0.1, -0.05) is 11.6 Å². The summed E-state index contributed by atoms with van der Waals surface area (Å²) < 4.78 is 0. The monoisotopic (exact) mass is 232 g/mol. The average Bonchev–Trinajstić information content (AvgIpc) is 2.10. The van der Waals surface area contributed by atoms with Crippen LogP contribution in [0.1, 0.15) is 20.7 Å². The van der Waals surface area contributed by atoms with Gasteiger partial charge in [0.2, 0.25) is 0 Å². The molecule has 6 nitrogen and oxygen atoms in total. The molecule has 0 unspecified atom stereocenters. The van der Waals surface area contributed by atoms with E-state index in [0.29, 0.717) is 6.07 Å². The molecule has 80 valence electrons. The van der Waals surface area contributed by atoms with Gasteiger partial charge < -0.3 is 20.4 Å². The predicted octanol–water partition coefficient (Wildman–Crippen LogP) is 1.15. The molecule has 0 radical (unpaired) electrons. The Kier molecular flexibility index (Phi) is 2.71. The number of phenolic OH excluding ortho intramolecular Hbond substituents is 1. The van der Waals surface area contributed by atoms with Crippen molar-refractivity contribution >= 4 is 23.5 Å². The molecule has 0 atom stereocenters. The smallest absolute Gasteiger partial charge is 0.341 e. The van der Waals surface area contributed by atoms with E-state index < -0.39 is 39.6 Å². The van der Waals surface area contributed by atoms with E-state index in [2.05, 4.69) is 0 Å². The first kappa shape index (κ1) is 11.1. The third-order valence-electron chi connectivity index (χ3n) is 1.66. The minimum Gasteiger partial charge on any atom is -0.504 e. The van der Waals surface area contributed by atoms with E-state index in [1.165, 1.54) is 0 Å². The van der Waals surface area contributed by atoms with Crippen LogP contribution in [0.5, 0.6) is 11.5 Å². The third kappa shape index (κ3) is 1.79. The van der Waals surface area contributed by atoms with Crippen LogP contribution in [0.3, 0.4) is 0 Å². The molecule has 0 saturated heterocycles. The van der Waals surface area contributed by atoms with Crippen LogP contribution in [0.2, 0.25) is 5.02 Å². The van der Waals surface area contributed by atoms with Crippen molar-refractivity contribution in [3.8, 4) is 11.5 Å². The maximum Gasteiger partial charge on any atom is 0.341 e. The Morgan fingerprint density at radius 3 is 2.07 bits per heavy atom. The summed E-state index contributed by atoms with van der Waals surface area (Å²) in [5, 5.41) is 34.8. The normalized spacial score (nSPS) is 9.93. The number of phenols is 2. The lowest BCUT2D eigenvalue weighted by Crippen LogP contribution is -2.05. The van der Waals surface area contributed by atoms with Crippen LogP contribution in [0.4, 0.5) is 0 Å². The van der Waals surface area contributed by atoms with Crippen molar-refractivity contribution in [2.45, 2.75) is 0 Å². The van der Waals surface area contributed by atoms with Gasteiger partial charge in [0.15, 0.2) is 11.5 Å². The zero-order chi connectivity index (χ0) is 11.7. The lowest BCUT2D eigenvalue weighted by atomic mass is 10.1. The number of aromatic hydroxyl groups is 2. The summed E-state index contributed by atoms with van der Waals surface area (Å²) in [7, 11) is 0. The molecule has 4 N–H and O–H groups in total. The molecule has 0 heterocycles. The quantitative estimate of drug-likeness (QED) is 0.569. The van der Waals surface area contributed by atoms with Crippen LogP contribution < -0.4 is 0 Å². The largest absolute Gasteiger partial charge is 0.504 e. The van der Waals surface area contributed by atoms with Gasteiger partial charge in [0.1, 0.15) is 5.56 Å². The highest BCUT2D eigenvalue weighted by atomic mass is 35.5. The van der Waals surface area contributed by atoms with Crippen LogP contribution in [-0.4, -0.2) is 32.4 Å². The van der Waals surface area contributed by atoms with Crippen molar-refractivity contribution in [3.63, 3.8) is 0 Å². The van der Waals surface area contributed by atoms with Gasteiger partial charge in [0.25, 0.3) is 0 Å². The minimum absolute atomic E-state index is 0.593. The summed E-state index contributed by atoms with van der Waals surface area (Å²) in [6, 6.07) is 0.673. The SMILES string of the molecule is O=C(O)c1cc(O)c(O)c(C(=O)O)c1Cl. The van der Waals surface area contributed by atoms with Gasteiger partial charge in [-0.25, -0.2) is 9.59 Å². The van der Waals surface area contributed by atoms with E-state index in [4.69, 9.17) is 32.0 Å². The lowest BCUT2D eigenvalue weighted by molar-refractivity contribution is 0.0693. The highest BCUT2D eigenvalue weighted by Crippen LogP contribution is 2.36. The van der Waals surface area contributed by atoms with E-state index >= 15 is 0 Å². The van der Waals surface area contributed by atoms with Gasteiger partial charge in [0, 0.05) is 0 Å². The number of halogens is 1. The molecule has 1 aromatic carbocycles. The Hall–Kier alpha value is -1.95. The molecule has 1 aromatic rings. The Labute approximate surface area is 88.0 Å². The number of carboxylic acid groups (broad SMARTS) is 2. The molecule has 15 heavy (non-hydrogen) atoms. The Morgan fingerprint density at radius 2 is 1.67 bits per heavy atom. The number of hydrogen-bond donors (Lipinski definition) is 4. The van der Waals surface area contributed by atoms with Crippen molar-refractivity contribution < 1.29 is 30.0 Å². The summed E-state index contributed by atoms with van der Waals surface area (Å²) in [5.74, 6) is -4.94. The third-order valence-corrected chi connectivity index (χ3v) is 2.05. The average molecular weight is 233 g/mol. The van der Waals surface area contributed by atoms with E-state index in [-0.39, 0.29) is 0 Å². The number of carbonyl (C=O) groups is 2. The van der Waals surface area contributed by atoms with Crippen molar-refractivity contribution in [1.29, 1.82) is 0 Å². The van der Waals surface area contributed by atoms with Gasteiger partial charge in [-0.15, -0.1) is 0 Å². The first-order valence-corrected chi connectivity index (χ1v) is 3.95. The fraction of sp³-hybridized carbons (Fsp3) is 0. The molecular weight excluding hydrogens is 228 g/mol. The van der Waals surface area contributed by atoms with E-state index in [1.54, 1.807) is 0 Å². The Balaban J connectivity index is 3.63. The molecule has 7 heteroatoms. The van der Waals surface area contributed by atoms with Crippen LogP contribution in [0.25, 0.3) is 0 Å². The molecule has 0 saturated carbocycles. The highest BCUT2D eigenvalue weighted by Gasteiger charge is 2.24. The Morgan fingerprint density at radius 1 is 1.13 bits per heavy atom. The zero-order valence-corrected chi connectivity index (χ0v) is 7.82. The maximum absolute atomic E-state index is 10.6. The predicted molar refractivity (Wildman–Crippen MR) is 48.7 cm³/mol. The van der Waals surface area contributed by atoms with Crippen molar-refractivity contribution in [1.82, 2.24) is 0 Å².